The van der Waals surface area contributed by atoms with E-state index < -0.39 is 36.5 Å². The maximum absolute atomic E-state index is 13.4. The average molecular weight is 541 g/mol. The molecule has 0 aromatic heterocycles. The van der Waals surface area contributed by atoms with Crippen molar-refractivity contribution in [3.8, 4) is 11.5 Å². The van der Waals surface area contributed by atoms with Crippen LogP contribution in [0.25, 0.3) is 0 Å². The van der Waals surface area contributed by atoms with Crippen LogP contribution in [0, 0.1) is 0 Å². The van der Waals surface area contributed by atoms with E-state index >= 15 is 0 Å². The highest BCUT2D eigenvalue weighted by molar-refractivity contribution is 5.90. The summed E-state index contributed by atoms with van der Waals surface area (Å²) in [5.41, 5.74) is 1.89. The molecule has 6 rings (SSSR count). The van der Waals surface area contributed by atoms with Gasteiger partial charge in [0.15, 0.2) is 18.0 Å². The fourth-order valence-corrected chi connectivity index (χ4v) is 5.16. The summed E-state index contributed by atoms with van der Waals surface area (Å²) in [4.78, 5) is 13.4. The highest BCUT2D eigenvalue weighted by Gasteiger charge is 2.68. The number of ketones is 1. The van der Waals surface area contributed by atoms with E-state index in [-0.39, 0.29) is 19.0 Å². The molecule has 9 heteroatoms. The molecule has 0 radical (unpaired) electrons. The number of rotatable bonds is 15. The molecular formula is C30H36O9. The molecule has 1 aliphatic carbocycles. The van der Waals surface area contributed by atoms with Crippen LogP contribution >= 0.6 is 0 Å². The molecule has 210 valence electrons. The molecule has 9 nitrogen and oxygen atoms in total. The van der Waals surface area contributed by atoms with Crippen LogP contribution in [0.4, 0.5) is 0 Å². The van der Waals surface area contributed by atoms with Gasteiger partial charge >= 0.3 is 0 Å². The molecule has 4 bridgehead atoms. The van der Waals surface area contributed by atoms with Crippen molar-refractivity contribution < 1.29 is 42.7 Å². The zero-order valence-corrected chi connectivity index (χ0v) is 22.4. The summed E-state index contributed by atoms with van der Waals surface area (Å²) < 4.78 is 47.3. The Morgan fingerprint density at radius 2 is 1.36 bits per heavy atom. The largest absolute Gasteiger partial charge is 0.497 e. The lowest BCUT2D eigenvalue weighted by molar-refractivity contribution is -0.508. The molecule has 3 saturated heterocycles. The second-order valence-corrected chi connectivity index (χ2v) is 9.81. The van der Waals surface area contributed by atoms with Crippen LogP contribution < -0.4 is 9.47 Å². The molecule has 2 unspecified atom stereocenters. The van der Waals surface area contributed by atoms with Crippen molar-refractivity contribution in [3.05, 3.63) is 72.3 Å². The van der Waals surface area contributed by atoms with Gasteiger partial charge in [-0.25, -0.2) is 0 Å². The molecule has 0 amide bonds. The second-order valence-electron chi connectivity index (χ2n) is 9.81. The normalized spacial score (nSPS) is 29.0. The predicted octanol–water partition coefficient (Wildman–Crippen LogP) is 3.97. The fourth-order valence-electron chi connectivity index (χ4n) is 5.16. The molecule has 4 aliphatic rings. The van der Waals surface area contributed by atoms with Crippen molar-refractivity contribution >= 4 is 5.78 Å². The lowest BCUT2D eigenvalue weighted by Gasteiger charge is -2.59. The Hall–Kier alpha value is -2.79. The Morgan fingerprint density at radius 1 is 0.821 bits per heavy atom. The van der Waals surface area contributed by atoms with Crippen molar-refractivity contribution in [3.63, 3.8) is 0 Å². The van der Waals surface area contributed by atoms with Gasteiger partial charge in [0.25, 0.3) is 5.97 Å². The van der Waals surface area contributed by atoms with E-state index in [4.69, 9.17) is 37.9 Å². The summed E-state index contributed by atoms with van der Waals surface area (Å²) in [5.74, 6) is 0.0399. The van der Waals surface area contributed by atoms with Gasteiger partial charge in [0.1, 0.15) is 29.8 Å². The van der Waals surface area contributed by atoms with Crippen LogP contribution in [0.3, 0.4) is 0 Å². The van der Waals surface area contributed by atoms with Crippen LogP contribution in [0.5, 0.6) is 11.5 Å². The van der Waals surface area contributed by atoms with Crippen molar-refractivity contribution in [2.24, 2.45) is 0 Å². The number of unbranched alkanes of at least 4 members (excludes halogenated alkanes) is 1. The lowest BCUT2D eigenvalue weighted by Crippen LogP contribution is -2.78. The van der Waals surface area contributed by atoms with E-state index in [9.17, 15) is 4.79 Å². The van der Waals surface area contributed by atoms with Crippen molar-refractivity contribution in [1.29, 1.82) is 0 Å². The highest BCUT2D eigenvalue weighted by atomic mass is 16.9. The Labute approximate surface area is 228 Å². The third-order valence-corrected chi connectivity index (χ3v) is 7.19. The van der Waals surface area contributed by atoms with Gasteiger partial charge in [-0.05, 0) is 48.2 Å². The monoisotopic (exact) mass is 540 g/mol. The first-order valence-electron chi connectivity index (χ1n) is 13.3. The first kappa shape index (κ1) is 27.8. The number of hydrogen-bond acceptors (Lipinski definition) is 9. The summed E-state index contributed by atoms with van der Waals surface area (Å²) in [6.45, 7) is 5.33. The number of methoxy groups -OCH3 is 2. The third kappa shape index (κ3) is 6.19. The number of hydrogen-bond donors (Lipinski definition) is 0. The van der Waals surface area contributed by atoms with Gasteiger partial charge in [0.05, 0.1) is 34.0 Å². The standard InChI is InChI=1S/C30H36O9/c1-4-16-34-17-6-5-15-30-37-25-24(31)26(38-30)28(36-19-21-9-13-23(33-3)14-10-21)29(39-30)27(25)35-18-20-7-11-22(32-2)12-8-20/h4,7-14,25-29H,1,5-6,15-19H2,2-3H3/t25-,26+,27-,28-,29?,30?/m1/s1. The maximum atomic E-state index is 13.4. The minimum absolute atomic E-state index is 0.182. The number of carbonyl (C=O) groups excluding carboxylic acids is 1. The molecule has 2 aromatic carbocycles. The van der Waals surface area contributed by atoms with Gasteiger partial charge in [-0.2, -0.15) is 0 Å². The lowest BCUT2D eigenvalue weighted by atomic mass is 9.82. The van der Waals surface area contributed by atoms with E-state index in [1.807, 2.05) is 48.5 Å². The van der Waals surface area contributed by atoms with Crippen LogP contribution in [-0.4, -0.2) is 69.7 Å². The predicted molar refractivity (Wildman–Crippen MR) is 140 cm³/mol. The molecule has 39 heavy (non-hydrogen) atoms. The van der Waals surface area contributed by atoms with E-state index in [1.165, 1.54) is 0 Å². The van der Waals surface area contributed by atoms with Crippen molar-refractivity contribution in [2.45, 2.75) is 69.0 Å². The minimum Gasteiger partial charge on any atom is -0.497 e. The van der Waals surface area contributed by atoms with Gasteiger partial charge in [-0.3, -0.25) is 4.79 Å². The molecule has 3 heterocycles. The van der Waals surface area contributed by atoms with Gasteiger partial charge in [0, 0.05) is 13.0 Å². The molecule has 6 atom stereocenters. The third-order valence-electron chi connectivity index (χ3n) is 7.19. The van der Waals surface area contributed by atoms with Crippen LogP contribution in [0.15, 0.2) is 61.2 Å². The Morgan fingerprint density at radius 3 is 1.85 bits per heavy atom. The summed E-state index contributed by atoms with van der Waals surface area (Å²) >= 11 is 0. The summed E-state index contributed by atoms with van der Waals surface area (Å²) in [7, 11) is 3.25. The zero-order valence-electron chi connectivity index (χ0n) is 22.4. The van der Waals surface area contributed by atoms with Gasteiger partial charge < -0.3 is 37.9 Å². The number of ether oxygens (including phenoxy) is 8. The van der Waals surface area contributed by atoms with E-state index in [2.05, 4.69) is 6.58 Å². The molecule has 1 saturated carbocycles. The molecule has 0 spiro atoms. The van der Waals surface area contributed by atoms with Crippen LogP contribution in [-0.2, 0) is 46.4 Å². The Bertz CT molecular complexity index is 1030. The molecular weight excluding hydrogens is 504 g/mol. The Balaban J connectivity index is 1.29. The van der Waals surface area contributed by atoms with E-state index in [1.54, 1.807) is 20.3 Å². The van der Waals surface area contributed by atoms with Crippen molar-refractivity contribution in [2.75, 3.05) is 27.4 Å². The summed E-state index contributed by atoms with van der Waals surface area (Å²) in [5, 5.41) is 0. The highest BCUT2D eigenvalue weighted by Crippen LogP contribution is 2.48. The second kappa shape index (κ2) is 12.6. The smallest absolute Gasteiger partial charge is 0.284 e. The van der Waals surface area contributed by atoms with E-state index in [0.717, 1.165) is 35.5 Å². The number of carbonyl (C=O) groups is 1. The molecule has 2 aromatic rings. The SMILES string of the molecule is C=CCOCCCCC12OC3[C@H](OCc4ccc(OC)cc4)[C@H](O1)C(=O)[C@H](O2)[C@H]3OCc1ccc(OC)cc1. The average Bonchev–Trinajstić information content (AvgIpc) is 2.97. The van der Waals surface area contributed by atoms with Crippen molar-refractivity contribution in [1.82, 2.24) is 0 Å². The summed E-state index contributed by atoms with van der Waals surface area (Å²) in [6, 6.07) is 15.2. The number of Topliss-reactive ketones (excluding diaryl/α,β-unsaturated/α-hetero) is 1. The van der Waals surface area contributed by atoms with E-state index in [0.29, 0.717) is 19.6 Å². The van der Waals surface area contributed by atoms with Gasteiger partial charge in [-0.1, -0.05) is 30.3 Å². The topological polar surface area (TPSA) is 90.9 Å². The first-order chi connectivity index (χ1) is 19.1. The maximum Gasteiger partial charge on any atom is 0.284 e. The van der Waals surface area contributed by atoms with Gasteiger partial charge in [0.2, 0.25) is 0 Å². The van der Waals surface area contributed by atoms with Gasteiger partial charge in [-0.15, -0.1) is 6.58 Å². The summed E-state index contributed by atoms with van der Waals surface area (Å²) in [6.07, 6.45) is 0.344. The van der Waals surface area contributed by atoms with Crippen LogP contribution in [0.2, 0.25) is 0 Å². The Kier molecular flexibility index (Phi) is 8.96. The van der Waals surface area contributed by atoms with Crippen LogP contribution in [0.1, 0.15) is 30.4 Å². The quantitative estimate of drug-likeness (QED) is 0.246. The zero-order chi connectivity index (χ0) is 27.2. The minimum atomic E-state index is -1.30. The molecule has 4 fully saturated rings. The number of benzene rings is 2. The first-order valence-corrected chi connectivity index (χ1v) is 13.3. The molecule has 3 aliphatic heterocycles. The fraction of sp³-hybridized carbons (Fsp3) is 0.500. The molecule has 0 N–H and O–H groups in total.